The molecule has 3 N–H and O–H groups in total. The molecule has 0 aromatic carbocycles. The van der Waals surface area contributed by atoms with Gasteiger partial charge < -0.3 is 38.3 Å². The van der Waals surface area contributed by atoms with Crippen molar-refractivity contribution in [3.8, 4) is 0 Å². The molecular formula is C35H61BN6O10. The van der Waals surface area contributed by atoms with Crippen LogP contribution in [0.1, 0.15) is 86.8 Å². The van der Waals surface area contributed by atoms with Gasteiger partial charge in [0, 0.05) is 56.7 Å². The Kier molecular flexibility index (Phi) is 15.8. The predicted molar refractivity (Wildman–Crippen MR) is 192 cm³/mol. The first-order valence-electron chi connectivity index (χ1n) is 18.5. The molecule has 3 heterocycles. The number of aliphatic hydroxyl groups excluding tert-OH is 1. The van der Waals surface area contributed by atoms with E-state index in [1.165, 1.54) is 6.92 Å². The number of esters is 1. The van der Waals surface area contributed by atoms with Gasteiger partial charge in [0.15, 0.2) is 17.7 Å². The number of aromatic nitrogens is 3. The minimum atomic E-state index is -1.47. The number of cyclic esters (lactones) is 1. The quantitative estimate of drug-likeness (QED) is 0.0639. The SMILES string of the molecule is Bn1cc(CCN(C)[C@H]2C[C@@H](C)O[C@@H](O[C@@H](CC)[C@@H](C)C(=O)[C@@H](C)C(=O)O[C@H](CC)[C@@]3(C)OC(=O)N(N)[C@@H]3[C@@H](C)C(=O)[C@H](C)CCOC)[C@@H]2O)nn1. The highest BCUT2D eigenvalue weighted by atomic mass is 16.7. The van der Waals surface area contributed by atoms with Crippen molar-refractivity contribution in [2.75, 3.05) is 27.3 Å². The highest BCUT2D eigenvalue weighted by molar-refractivity contribution is 6.05. The van der Waals surface area contributed by atoms with E-state index >= 15 is 0 Å². The van der Waals surface area contributed by atoms with Gasteiger partial charge in [-0.2, -0.15) is 0 Å². The first kappa shape index (κ1) is 43.4. The van der Waals surface area contributed by atoms with Gasteiger partial charge >= 0.3 is 12.1 Å². The fraction of sp³-hybridized carbons (Fsp3) is 0.829. The molecular weight excluding hydrogens is 675 g/mol. The second-order valence-electron chi connectivity index (χ2n) is 14.8. The number of hydrogen-bond donors (Lipinski definition) is 2. The van der Waals surface area contributed by atoms with Gasteiger partial charge in [-0.15, -0.1) is 5.10 Å². The van der Waals surface area contributed by atoms with Gasteiger partial charge in [-0.25, -0.2) is 15.6 Å². The fourth-order valence-electron chi connectivity index (χ4n) is 7.55. The zero-order valence-corrected chi connectivity index (χ0v) is 32.8. The molecule has 2 saturated heterocycles. The summed E-state index contributed by atoms with van der Waals surface area (Å²) >= 11 is 0. The van der Waals surface area contributed by atoms with Crippen LogP contribution in [0.15, 0.2) is 6.20 Å². The average molecular weight is 737 g/mol. The summed E-state index contributed by atoms with van der Waals surface area (Å²) < 4.78 is 30.8. The van der Waals surface area contributed by atoms with Crippen molar-refractivity contribution < 1.29 is 48.0 Å². The van der Waals surface area contributed by atoms with Crippen LogP contribution in [0, 0.1) is 23.7 Å². The number of carbonyl (C=O) groups excluding carboxylic acids is 4. The normalized spacial score (nSPS) is 28.5. The molecule has 0 spiro atoms. The molecule has 1 aromatic heterocycles. The molecule has 294 valence electrons. The van der Waals surface area contributed by atoms with E-state index in [0.29, 0.717) is 38.8 Å². The van der Waals surface area contributed by atoms with Crippen molar-refractivity contribution in [2.45, 2.75) is 136 Å². The number of likely N-dealkylation sites (N-methyl/N-ethyl adjacent to an activating group) is 1. The Morgan fingerprint density at radius 3 is 2.44 bits per heavy atom. The maximum absolute atomic E-state index is 13.8. The highest BCUT2D eigenvalue weighted by Gasteiger charge is 2.59. The summed E-state index contributed by atoms with van der Waals surface area (Å²) in [6, 6.07) is -1.20. The Balaban J connectivity index is 1.68. The summed E-state index contributed by atoms with van der Waals surface area (Å²) in [4.78, 5) is 55.6. The zero-order chi connectivity index (χ0) is 39.1. The summed E-state index contributed by atoms with van der Waals surface area (Å²) in [7, 11) is 5.30. The third kappa shape index (κ3) is 9.97. The summed E-state index contributed by atoms with van der Waals surface area (Å²) in [6.45, 7) is 14.8. The molecule has 52 heavy (non-hydrogen) atoms. The molecule has 0 radical (unpaired) electrons. The van der Waals surface area contributed by atoms with E-state index in [2.05, 4.69) is 15.2 Å². The summed E-state index contributed by atoms with van der Waals surface area (Å²) in [5.41, 5.74) is -0.625. The van der Waals surface area contributed by atoms with Crippen LogP contribution in [0.5, 0.6) is 0 Å². The van der Waals surface area contributed by atoms with Gasteiger partial charge in [0.25, 0.3) is 7.98 Å². The molecule has 2 fully saturated rings. The van der Waals surface area contributed by atoms with Gasteiger partial charge in [-0.05, 0) is 53.5 Å². The number of nitrogens with two attached hydrogens (primary N) is 1. The molecule has 12 atom stereocenters. The van der Waals surface area contributed by atoms with Crippen LogP contribution >= 0.6 is 0 Å². The lowest BCUT2D eigenvalue weighted by Gasteiger charge is -2.43. The highest BCUT2D eigenvalue weighted by Crippen LogP contribution is 2.39. The molecule has 0 saturated carbocycles. The molecule has 1 amide bonds. The summed E-state index contributed by atoms with van der Waals surface area (Å²) in [5, 5.41) is 20.4. The molecule has 0 bridgehead atoms. The van der Waals surface area contributed by atoms with Crippen molar-refractivity contribution in [3.05, 3.63) is 11.9 Å². The molecule has 3 rings (SSSR count). The van der Waals surface area contributed by atoms with Crippen LogP contribution in [-0.4, -0.2) is 137 Å². The number of Topliss-reactive ketones (excluding diaryl/α,β-unsaturated/α-hetero) is 2. The lowest BCUT2D eigenvalue weighted by Crippen LogP contribution is -2.59. The molecule has 17 heteroatoms. The van der Waals surface area contributed by atoms with Gasteiger partial charge in [0.05, 0.1) is 17.9 Å². The van der Waals surface area contributed by atoms with Crippen LogP contribution in [0.25, 0.3) is 0 Å². The van der Waals surface area contributed by atoms with Crippen molar-refractivity contribution in [1.29, 1.82) is 0 Å². The number of ketones is 2. The minimum absolute atomic E-state index is 0.132. The lowest BCUT2D eigenvalue weighted by molar-refractivity contribution is -0.273. The maximum Gasteiger partial charge on any atom is 0.425 e. The largest absolute Gasteiger partial charge is 0.458 e. The first-order valence-corrected chi connectivity index (χ1v) is 18.5. The number of hydrogen-bond acceptors (Lipinski definition) is 14. The fourth-order valence-corrected chi connectivity index (χ4v) is 7.55. The van der Waals surface area contributed by atoms with E-state index in [1.807, 2.05) is 35.1 Å². The van der Waals surface area contributed by atoms with E-state index in [9.17, 15) is 24.3 Å². The third-order valence-corrected chi connectivity index (χ3v) is 10.9. The van der Waals surface area contributed by atoms with Crippen molar-refractivity contribution in [3.63, 3.8) is 0 Å². The molecule has 1 aromatic rings. The molecule has 0 aliphatic carbocycles. The second-order valence-corrected chi connectivity index (χ2v) is 14.8. The number of aliphatic hydroxyl groups is 1. The van der Waals surface area contributed by atoms with E-state index in [0.717, 1.165) is 10.7 Å². The van der Waals surface area contributed by atoms with Crippen molar-refractivity contribution in [2.24, 2.45) is 29.5 Å². The zero-order valence-electron chi connectivity index (χ0n) is 32.8. The Morgan fingerprint density at radius 1 is 1.19 bits per heavy atom. The number of hydrazine groups is 1. The first-order chi connectivity index (χ1) is 24.4. The Hall–Kier alpha value is -2.96. The van der Waals surface area contributed by atoms with Crippen LogP contribution in [0.2, 0.25) is 0 Å². The molecule has 0 unspecified atom stereocenters. The lowest BCUT2D eigenvalue weighted by atomic mass is 9.77. The van der Waals surface area contributed by atoms with E-state index in [4.69, 9.17) is 29.5 Å². The van der Waals surface area contributed by atoms with Crippen molar-refractivity contribution >= 4 is 31.6 Å². The number of amides is 1. The number of nitrogens with zero attached hydrogens (tertiary/aromatic N) is 5. The standard InChI is InChI=1S/C35H61BN6O10/c1-11-26(50-33-30(45)25(17-20(4)49-33)40(9)15-13-24-18-41(36)39-38-24)21(5)29(44)23(7)32(46)51-27(12-2)35(8)31(42(37)34(47)52-35)22(6)28(43)19(3)14-16-48-10/h18-23,25-27,30-31,33,45H,11-17,36-37H2,1-10H3/t19-,20-,21-,22+,23-,25+,26+,27-,30-,31-,33+,35-/m1/s1. The van der Waals surface area contributed by atoms with Crippen LogP contribution < -0.4 is 5.84 Å². The minimum Gasteiger partial charge on any atom is -0.458 e. The monoisotopic (exact) mass is 736 g/mol. The number of ether oxygens (including phenoxy) is 5. The maximum atomic E-state index is 13.8. The Morgan fingerprint density at radius 2 is 1.87 bits per heavy atom. The van der Waals surface area contributed by atoms with Crippen LogP contribution in [0.4, 0.5) is 4.79 Å². The summed E-state index contributed by atoms with van der Waals surface area (Å²) in [6.07, 6.45) is -0.496. The predicted octanol–water partition coefficient (Wildman–Crippen LogP) is 1.30. The van der Waals surface area contributed by atoms with Gasteiger partial charge in [-0.3, -0.25) is 14.4 Å². The topological polar surface area (TPSA) is 198 Å². The molecule has 16 nitrogen and oxygen atoms in total. The van der Waals surface area contributed by atoms with E-state index < -0.39 is 71.8 Å². The average Bonchev–Trinajstić information content (AvgIpc) is 3.64. The van der Waals surface area contributed by atoms with E-state index in [-0.39, 0.29) is 30.3 Å². The third-order valence-electron chi connectivity index (χ3n) is 10.9. The van der Waals surface area contributed by atoms with Crippen LogP contribution in [0.3, 0.4) is 0 Å². The van der Waals surface area contributed by atoms with E-state index in [1.54, 1.807) is 46.3 Å². The van der Waals surface area contributed by atoms with Crippen molar-refractivity contribution in [1.82, 2.24) is 24.8 Å². The smallest absolute Gasteiger partial charge is 0.425 e. The Labute approximate surface area is 308 Å². The number of rotatable bonds is 20. The Bertz CT molecular complexity index is 1370. The number of methoxy groups -OCH3 is 1. The molecule has 2 aliphatic rings. The van der Waals surface area contributed by atoms with Gasteiger partial charge in [-0.1, -0.05) is 39.8 Å². The second kappa shape index (κ2) is 18.9. The summed E-state index contributed by atoms with van der Waals surface area (Å²) in [5.74, 6) is 1.73. The van der Waals surface area contributed by atoms with Crippen LogP contribution in [-0.2, 0) is 44.5 Å². The van der Waals surface area contributed by atoms with Gasteiger partial charge in [0.1, 0.15) is 30.0 Å². The molecule has 2 aliphatic heterocycles. The number of carbonyl (C=O) groups is 4. The van der Waals surface area contributed by atoms with Gasteiger partial charge in [0.2, 0.25) is 0 Å².